The number of aromatic nitrogens is 1. The number of likely N-dealkylation sites (tertiary alicyclic amines) is 1. The van der Waals surface area contributed by atoms with Gasteiger partial charge in [-0.3, -0.25) is 4.79 Å². The molecule has 0 aliphatic carbocycles. The summed E-state index contributed by atoms with van der Waals surface area (Å²) >= 11 is 0. The minimum Gasteiger partial charge on any atom is -0.501 e. The fourth-order valence-corrected chi connectivity index (χ4v) is 4.66. The summed E-state index contributed by atoms with van der Waals surface area (Å²) in [5.74, 6) is 0.358. The Morgan fingerprint density at radius 2 is 2.03 bits per heavy atom. The van der Waals surface area contributed by atoms with Gasteiger partial charge in [0.25, 0.3) is 5.91 Å². The average Bonchev–Trinajstić information content (AvgIpc) is 3.44. The molecule has 1 amide bonds. The molecule has 2 unspecified atom stereocenters. The first-order valence-electron chi connectivity index (χ1n) is 13.2. The lowest BCUT2D eigenvalue weighted by Gasteiger charge is -2.20. The molecule has 0 bridgehead atoms. The van der Waals surface area contributed by atoms with Crippen molar-refractivity contribution in [1.29, 1.82) is 0 Å². The number of hydrogen-bond acceptors (Lipinski definition) is 3. The van der Waals surface area contributed by atoms with Crippen molar-refractivity contribution in [2.45, 2.75) is 65.5 Å². The average molecular weight is 478 g/mol. The van der Waals surface area contributed by atoms with E-state index in [0.717, 1.165) is 30.0 Å². The van der Waals surface area contributed by atoms with Crippen LogP contribution in [0.3, 0.4) is 0 Å². The molecule has 190 valence electrons. The van der Waals surface area contributed by atoms with Crippen LogP contribution in [0.15, 0.2) is 67.0 Å². The first-order valence-corrected chi connectivity index (χ1v) is 13.2. The number of benzene rings is 1. The van der Waals surface area contributed by atoms with Gasteiger partial charge in [-0.25, -0.2) is 0 Å². The Bertz CT molecular complexity index is 1020. The van der Waals surface area contributed by atoms with Gasteiger partial charge in [-0.15, -0.1) is 0 Å². The molecule has 1 N–H and O–H groups in total. The molecule has 1 saturated heterocycles. The standard InChI is InChI=1S/C30H43N3O2/c1-5-13-27(16-8-10-20-35-21-11-9-18-32-19-12-14-25(32)4)33-28-17-7-6-15-26(28)22-29(33)30(34)31-23-24(2)3/h5-8,10,13,15-17,20,22,24-25,27H,9,11-12,14,18-19,21,23H2,1-4H3,(H,31,34)/b13-5-,16-8?,20-10+. The number of carbonyl (C=O) groups is 1. The highest BCUT2D eigenvalue weighted by molar-refractivity contribution is 5.99. The zero-order valence-electron chi connectivity index (χ0n) is 22.0. The number of ether oxygens (including phenoxy) is 1. The third-order valence-electron chi connectivity index (χ3n) is 6.58. The summed E-state index contributed by atoms with van der Waals surface area (Å²) in [6, 6.07) is 10.8. The molecule has 0 spiro atoms. The second kappa shape index (κ2) is 13.9. The van der Waals surface area contributed by atoms with Gasteiger partial charge in [0.1, 0.15) is 5.69 Å². The van der Waals surface area contributed by atoms with Gasteiger partial charge >= 0.3 is 0 Å². The Labute approximate surface area is 211 Å². The fourth-order valence-electron chi connectivity index (χ4n) is 4.66. The smallest absolute Gasteiger partial charge is 0.267 e. The molecule has 2 atom stereocenters. The predicted octanol–water partition coefficient (Wildman–Crippen LogP) is 6.50. The zero-order chi connectivity index (χ0) is 25.0. The first kappa shape index (κ1) is 26.8. The van der Waals surface area contributed by atoms with Crippen LogP contribution in [-0.4, -0.2) is 47.7 Å². The van der Waals surface area contributed by atoms with Crippen LogP contribution in [0.25, 0.3) is 10.9 Å². The van der Waals surface area contributed by atoms with Crippen LogP contribution in [0.5, 0.6) is 0 Å². The third-order valence-corrected chi connectivity index (χ3v) is 6.58. The molecule has 1 aliphatic rings. The maximum Gasteiger partial charge on any atom is 0.267 e. The summed E-state index contributed by atoms with van der Waals surface area (Å²) in [4.78, 5) is 15.6. The molecule has 2 heterocycles. The number of fused-ring (bicyclic) bond motifs is 1. The van der Waals surface area contributed by atoms with Crippen LogP contribution >= 0.6 is 0 Å². The Morgan fingerprint density at radius 1 is 1.20 bits per heavy atom. The number of unbranched alkanes of at least 4 members (excludes halogenated alkanes) is 1. The first-order chi connectivity index (χ1) is 17.0. The van der Waals surface area contributed by atoms with E-state index >= 15 is 0 Å². The summed E-state index contributed by atoms with van der Waals surface area (Å²) < 4.78 is 7.81. The van der Waals surface area contributed by atoms with Crippen molar-refractivity contribution >= 4 is 16.8 Å². The maximum atomic E-state index is 13.0. The molecule has 3 rings (SSSR count). The van der Waals surface area contributed by atoms with E-state index < -0.39 is 0 Å². The highest BCUT2D eigenvalue weighted by atomic mass is 16.5. The molecule has 1 aromatic heterocycles. The number of rotatable bonds is 13. The summed E-state index contributed by atoms with van der Waals surface area (Å²) in [7, 11) is 0. The summed E-state index contributed by atoms with van der Waals surface area (Å²) in [5.41, 5.74) is 1.72. The molecule has 1 aromatic carbocycles. The number of nitrogens with one attached hydrogen (secondary N) is 1. The van der Waals surface area contributed by atoms with E-state index in [0.29, 0.717) is 18.2 Å². The van der Waals surface area contributed by atoms with E-state index in [9.17, 15) is 4.79 Å². The van der Waals surface area contributed by atoms with Crippen LogP contribution in [-0.2, 0) is 4.74 Å². The van der Waals surface area contributed by atoms with Crippen molar-refractivity contribution in [3.05, 3.63) is 72.7 Å². The van der Waals surface area contributed by atoms with Crippen molar-refractivity contribution in [2.24, 2.45) is 5.92 Å². The van der Waals surface area contributed by atoms with Gasteiger partial charge in [0.05, 0.1) is 18.9 Å². The largest absolute Gasteiger partial charge is 0.501 e. The molecule has 1 fully saturated rings. The number of hydrogen-bond donors (Lipinski definition) is 1. The Morgan fingerprint density at radius 3 is 2.77 bits per heavy atom. The summed E-state index contributed by atoms with van der Waals surface area (Å²) in [6.45, 7) is 12.4. The Balaban J connectivity index is 1.60. The normalized spacial score (nSPS) is 18.0. The maximum absolute atomic E-state index is 13.0. The lowest BCUT2D eigenvalue weighted by atomic mass is 10.2. The van der Waals surface area contributed by atoms with Gasteiger partial charge < -0.3 is 19.5 Å². The highest BCUT2D eigenvalue weighted by Gasteiger charge is 2.20. The van der Waals surface area contributed by atoms with Crippen molar-refractivity contribution in [3.63, 3.8) is 0 Å². The van der Waals surface area contributed by atoms with Gasteiger partial charge in [0.2, 0.25) is 0 Å². The predicted molar refractivity (Wildman–Crippen MR) is 147 cm³/mol. The minimum atomic E-state index is -0.0770. The molecule has 5 nitrogen and oxygen atoms in total. The molecule has 1 aliphatic heterocycles. The molecule has 35 heavy (non-hydrogen) atoms. The van der Waals surface area contributed by atoms with E-state index in [2.05, 4.69) is 59.8 Å². The van der Waals surface area contributed by atoms with E-state index in [1.807, 2.05) is 43.4 Å². The molecular formula is C30H43N3O2. The molecule has 2 aromatic rings. The number of carbonyl (C=O) groups excluding carboxylic acids is 1. The van der Waals surface area contributed by atoms with Gasteiger partial charge in [0, 0.05) is 23.5 Å². The van der Waals surface area contributed by atoms with Gasteiger partial charge in [-0.1, -0.05) is 56.4 Å². The number of nitrogens with zero attached hydrogens (tertiary/aromatic N) is 2. The van der Waals surface area contributed by atoms with E-state index in [1.165, 1.54) is 32.4 Å². The molecule has 5 heteroatoms. The second-order valence-corrected chi connectivity index (χ2v) is 9.90. The van der Waals surface area contributed by atoms with Crippen molar-refractivity contribution in [3.8, 4) is 0 Å². The summed E-state index contributed by atoms with van der Waals surface area (Å²) in [6.07, 6.45) is 16.9. The lowest BCUT2D eigenvalue weighted by Crippen LogP contribution is -2.29. The number of para-hydroxylation sites is 1. The van der Waals surface area contributed by atoms with Crippen molar-refractivity contribution in [2.75, 3.05) is 26.2 Å². The van der Waals surface area contributed by atoms with Crippen LogP contribution < -0.4 is 5.32 Å². The van der Waals surface area contributed by atoms with E-state index in [1.54, 1.807) is 6.26 Å². The quantitative estimate of drug-likeness (QED) is 0.155. The second-order valence-electron chi connectivity index (χ2n) is 9.90. The molecule has 0 saturated carbocycles. The topological polar surface area (TPSA) is 46.5 Å². The highest BCUT2D eigenvalue weighted by Crippen LogP contribution is 2.26. The van der Waals surface area contributed by atoms with Crippen molar-refractivity contribution < 1.29 is 9.53 Å². The fraction of sp³-hybridized carbons (Fsp3) is 0.500. The van der Waals surface area contributed by atoms with Crippen LogP contribution in [0.4, 0.5) is 0 Å². The molecule has 0 radical (unpaired) electrons. The number of amides is 1. The summed E-state index contributed by atoms with van der Waals surface area (Å²) in [5, 5.41) is 4.13. The monoisotopic (exact) mass is 477 g/mol. The van der Waals surface area contributed by atoms with E-state index in [-0.39, 0.29) is 11.9 Å². The van der Waals surface area contributed by atoms with Gasteiger partial charge in [-0.05, 0) is 76.7 Å². The third kappa shape index (κ3) is 7.86. The van der Waals surface area contributed by atoms with Gasteiger partial charge in [0.15, 0.2) is 0 Å². The van der Waals surface area contributed by atoms with Gasteiger partial charge in [-0.2, -0.15) is 0 Å². The Hall–Kier alpha value is -2.79. The van der Waals surface area contributed by atoms with Crippen LogP contribution in [0.1, 0.15) is 69.9 Å². The van der Waals surface area contributed by atoms with Crippen molar-refractivity contribution in [1.82, 2.24) is 14.8 Å². The van der Waals surface area contributed by atoms with Crippen LogP contribution in [0.2, 0.25) is 0 Å². The lowest BCUT2D eigenvalue weighted by molar-refractivity contribution is 0.0940. The molecular weight excluding hydrogens is 434 g/mol. The van der Waals surface area contributed by atoms with Crippen LogP contribution in [0, 0.1) is 5.92 Å². The zero-order valence-corrected chi connectivity index (χ0v) is 22.0. The number of allylic oxidation sites excluding steroid dienone is 5. The Kier molecular flexibility index (Phi) is 10.7. The SMILES string of the molecule is C/C=C\C(C=C/C=C/OCCCCN1CCCC1C)n1c(C(=O)NCC(C)C)cc2ccccc21. The minimum absolute atomic E-state index is 0.0417. The van der Waals surface area contributed by atoms with E-state index in [4.69, 9.17) is 4.74 Å².